The number of rotatable bonds is 4. The smallest absolute Gasteiger partial charge is 0.294 e. The minimum atomic E-state index is -0.487. The molecule has 18 heavy (non-hydrogen) atoms. The van der Waals surface area contributed by atoms with Gasteiger partial charge in [0.1, 0.15) is 12.7 Å². The van der Waals surface area contributed by atoms with Crippen LogP contribution in [0.3, 0.4) is 0 Å². The molecule has 2 heterocycles. The predicted molar refractivity (Wildman–Crippen MR) is 62.2 cm³/mol. The number of amides is 2. The van der Waals surface area contributed by atoms with Crippen LogP contribution in [-0.4, -0.2) is 31.1 Å². The van der Waals surface area contributed by atoms with E-state index in [1.54, 1.807) is 24.3 Å². The highest BCUT2D eigenvalue weighted by molar-refractivity contribution is 6.35. The first-order valence-corrected chi connectivity index (χ1v) is 5.65. The lowest BCUT2D eigenvalue weighted by Crippen LogP contribution is -2.23. The fraction of sp³-hybridized carbons (Fsp3) is 0.231. The molecule has 0 aliphatic carbocycles. The second-order valence-corrected chi connectivity index (χ2v) is 4.12. The Hall–Kier alpha value is -2.14. The Balaban J connectivity index is 1.93. The fourth-order valence-electron chi connectivity index (χ4n) is 1.78. The van der Waals surface area contributed by atoms with Crippen molar-refractivity contribution in [3.8, 4) is 0 Å². The van der Waals surface area contributed by atoms with E-state index < -0.39 is 11.8 Å². The van der Waals surface area contributed by atoms with Gasteiger partial charge in [0.05, 0.1) is 12.2 Å². The van der Waals surface area contributed by atoms with Crippen molar-refractivity contribution in [2.24, 2.45) is 0 Å². The molecule has 1 atom stereocenters. The van der Waals surface area contributed by atoms with Crippen LogP contribution in [-0.2, 0) is 19.1 Å². The first kappa shape index (κ1) is 11.0. The SMILES string of the molecule is O=C1NC(=O)C(c2ccccc2)=C1OCC1CO1. The van der Waals surface area contributed by atoms with Gasteiger partial charge < -0.3 is 9.47 Å². The van der Waals surface area contributed by atoms with E-state index >= 15 is 0 Å². The van der Waals surface area contributed by atoms with Gasteiger partial charge in [0.15, 0.2) is 5.76 Å². The minimum Gasteiger partial charge on any atom is -0.484 e. The largest absolute Gasteiger partial charge is 0.484 e. The zero-order valence-electron chi connectivity index (χ0n) is 9.51. The van der Waals surface area contributed by atoms with Crippen molar-refractivity contribution in [2.75, 3.05) is 13.2 Å². The van der Waals surface area contributed by atoms with Gasteiger partial charge in [0, 0.05) is 0 Å². The lowest BCUT2D eigenvalue weighted by atomic mass is 10.1. The number of nitrogens with one attached hydrogen (secondary N) is 1. The summed E-state index contributed by atoms with van der Waals surface area (Å²) in [6.45, 7) is 0.940. The van der Waals surface area contributed by atoms with Gasteiger partial charge in [0.2, 0.25) is 0 Å². The molecule has 3 rings (SSSR count). The molecule has 5 heteroatoms. The molecule has 5 nitrogen and oxygen atoms in total. The Morgan fingerprint density at radius 3 is 2.61 bits per heavy atom. The van der Waals surface area contributed by atoms with Gasteiger partial charge >= 0.3 is 0 Å². The van der Waals surface area contributed by atoms with Gasteiger partial charge in [-0.1, -0.05) is 30.3 Å². The van der Waals surface area contributed by atoms with Crippen LogP contribution in [0.1, 0.15) is 5.56 Å². The number of hydrogen-bond acceptors (Lipinski definition) is 4. The molecule has 1 N–H and O–H groups in total. The lowest BCUT2D eigenvalue weighted by molar-refractivity contribution is -0.125. The summed E-state index contributed by atoms with van der Waals surface area (Å²) in [5.41, 5.74) is 0.966. The highest BCUT2D eigenvalue weighted by Gasteiger charge is 2.34. The van der Waals surface area contributed by atoms with Crippen molar-refractivity contribution < 1.29 is 19.1 Å². The zero-order chi connectivity index (χ0) is 12.5. The lowest BCUT2D eigenvalue weighted by Gasteiger charge is -2.05. The molecule has 0 radical (unpaired) electrons. The van der Waals surface area contributed by atoms with Gasteiger partial charge in [-0.05, 0) is 5.56 Å². The van der Waals surface area contributed by atoms with Crippen molar-refractivity contribution >= 4 is 17.4 Å². The van der Waals surface area contributed by atoms with Crippen LogP contribution in [0.25, 0.3) is 5.57 Å². The molecule has 1 unspecified atom stereocenters. The second kappa shape index (κ2) is 4.27. The maximum absolute atomic E-state index is 11.8. The Labute approximate surface area is 103 Å². The van der Waals surface area contributed by atoms with E-state index in [2.05, 4.69) is 5.32 Å². The van der Waals surface area contributed by atoms with E-state index in [4.69, 9.17) is 9.47 Å². The average molecular weight is 245 g/mol. The molecule has 1 saturated heterocycles. The van der Waals surface area contributed by atoms with Crippen LogP contribution in [0.4, 0.5) is 0 Å². The molecule has 92 valence electrons. The molecule has 2 aliphatic rings. The van der Waals surface area contributed by atoms with E-state index in [-0.39, 0.29) is 11.9 Å². The van der Waals surface area contributed by atoms with Crippen LogP contribution in [0.2, 0.25) is 0 Å². The topological polar surface area (TPSA) is 67.9 Å². The van der Waals surface area contributed by atoms with E-state index in [0.29, 0.717) is 24.4 Å². The van der Waals surface area contributed by atoms with E-state index in [1.165, 1.54) is 0 Å². The summed E-state index contributed by atoms with van der Waals surface area (Å²) >= 11 is 0. The third-order valence-corrected chi connectivity index (χ3v) is 2.77. The number of epoxide rings is 1. The number of benzene rings is 1. The van der Waals surface area contributed by atoms with E-state index in [1.807, 2.05) is 6.07 Å². The number of carbonyl (C=O) groups excluding carboxylic acids is 2. The zero-order valence-corrected chi connectivity index (χ0v) is 9.51. The normalized spacial score (nSPS) is 22.1. The molecule has 0 spiro atoms. The highest BCUT2D eigenvalue weighted by atomic mass is 16.6. The first-order chi connectivity index (χ1) is 8.75. The summed E-state index contributed by atoms with van der Waals surface area (Å²) < 4.78 is 10.4. The molecule has 0 bridgehead atoms. The van der Waals surface area contributed by atoms with E-state index in [9.17, 15) is 9.59 Å². The van der Waals surface area contributed by atoms with Crippen molar-refractivity contribution in [3.63, 3.8) is 0 Å². The molecule has 2 amide bonds. The molecular formula is C13H11NO4. The first-order valence-electron chi connectivity index (χ1n) is 5.65. The standard InChI is InChI=1S/C13H11NO4/c15-12-10(8-4-2-1-3-5-8)11(13(16)14-12)18-7-9-6-17-9/h1-5,9H,6-7H2,(H,14,15,16). The fourth-order valence-corrected chi connectivity index (χ4v) is 1.78. The summed E-state index contributed by atoms with van der Waals surface area (Å²) in [5.74, 6) is -0.820. The van der Waals surface area contributed by atoms with Crippen LogP contribution in [0.15, 0.2) is 36.1 Å². The van der Waals surface area contributed by atoms with Gasteiger partial charge in [-0.2, -0.15) is 0 Å². The monoisotopic (exact) mass is 245 g/mol. The molecule has 0 saturated carbocycles. The number of carbonyl (C=O) groups is 2. The summed E-state index contributed by atoms with van der Waals surface area (Å²) in [6, 6.07) is 8.99. The number of imide groups is 1. The predicted octanol–water partition coefficient (Wildman–Crippen LogP) is 0.469. The van der Waals surface area contributed by atoms with Crippen LogP contribution < -0.4 is 5.32 Å². The van der Waals surface area contributed by atoms with Gasteiger partial charge in [0.25, 0.3) is 11.8 Å². The third-order valence-electron chi connectivity index (χ3n) is 2.77. The minimum absolute atomic E-state index is 0.0398. The average Bonchev–Trinajstić information content (AvgIpc) is 3.14. The Morgan fingerprint density at radius 2 is 1.94 bits per heavy atom. The highest BCUT2D eigenvalue weighted by Crippen LogP contribution is 2.25. The summed E-state index contributed by atoms with van der Waals surface area (Å²) in [7, 11) is 0. The molecular weight excluding hydrogens is 234 g/mol. The summed E-state index contributed by atoms with van der Waals surface area (Å²) in [5, 5.41) is 2.24. The van der Waals surface area contributed by atoms with Gasteiger partial charge in [-0.15, -0.1) is 0 Å². The van der Waals surface area contributed by atoms with Crippen molar-refractivity contribution in [1.82, 2.24) is 5.32 Å². The van der Waals surface area contributed by atoms with Crippen molar-refractivity contribution in [2.45, 2.75) is 6.10 Å². The molecule has 2 aliphatic heterocycles. The Morgan fingerprint density at radius 1 is 1.22 bits per heavy atom. The third kappa shape index (κ3) is 2.00. The quantitative estimate of drug-likeness (QED) is 0.618. The molecule has 1 aromatic rings. The molecule has 0 aromatic heterocycles. The van der Waals surface area contributed by atoms with Crippen molar-refractivity contribution in [3.05, 3.63) is 41.7 Å². The summed E-state index contributed by atoms with van der Waals surface area (Å²) in [4.78, 5) is 23.4. The number of ether oxygens (including phenoxy) is 2. The van der Waals surface area contributed by atoms with Gasteiger partial charge in [-0.3, -0.25) is 14.9 Å². The van der Waals surface area contributed by atoms with Crippen LogP contribution >= 0.6 is 0 Å². The van der Waals surface area contributed by atoms with Crippen LogP contribution in [0, 0.1) is 0 Å². The summed E-state index contributed by atoms with van der Waals surface area (Å²) in [6.07, 6.45) is 0.0398. The number of hydrogen-bond donors (Lipinski definition) is 1. The molecule has 1 aromatic carbocycles. The van der Waals surface area contributed by atoms with Gasteiger partial charge in [-0.25, -0.2) is 0 Å². The molecule has 1 fully saturated rings. The second-order valence-electron chi connectivity index (χ2n) is 4.12. The maximum Gasteiger partial charge on any atom is 0.294 e. The Bertz CT molecular complexity index is 531. The van der Waals surface area contributed by atoms with Crippen molar-refractivity contribution in [1.29, 1.82) is 0 Å². The van der Waals surface area contributed by atoms with E-state index in [0.717, 1.165) is 0 Å². The Kier molecular flexibility index (Phi) is 2.60. The maximum atomic E-state index is 11.8. The van der Waals surface area contributed by atoms with Crippen LogP contribution in [0.5, 0.6) is 0 Å².